The van der Waals surface area contributed by atoms with Gasteiger partial charge in [0.15, 0.2) is 0 Å². The molecular weight excluding hydrogens is 229 g/mol. The molecule has 0 radical (unpaired) electrons. The van der Waals surface area contributed by atoms with Crippen LogP contribution in [0, 0.1) is 5.82 Å². The number of nitrogens with two attached hydrogens (primary N) is 1. The number of halogens is 1. The Morgan fingerprint density at radius 1 is 1.33 bits per heavy atom. The van der Waals surface area contributed by atoms with Crippen LogP contribution in [-0.4, -0.2) is 26.7 Å². The maximum atomic E-state index is 13.6. The molecule has 0 aliphatic carbocycles. The van der Waals surface area contributed by atoms with Gasteiger partial charge in [-0.2, -0.15) is 0 Å². The van der Waals surface area contributed by atoms with Crippen molar-refractivity contribution in [1.82, 2.24) is 0 Å². The second-order valence-corrected chi connectivity index (χ2v) is 4.40. The van der Waals surface area contributed by atoms with Crippen molar-refractivity contribution >= 4 is 11.4 Å². The van der Waals surface area contributed by atoms with Gasteiger partial charge in [0.2, 0.25) is 0 Å². The van der Waals surface area contributed by atoms with Gasteiger partial charge in [-0.1, -0.05) is 6.92 Å². The summed E-state index contributed by atoms with van der Waals surface area (Å²) in [6, 6.07) is 5.32. The standard InChI is InChI=1S/C11H15FN2.C3H9N/c1-13-9-4-5-11(10(12)8-9)14-6-2-3-7-14;1-2-3-4/h4-5,8,13H,2-3,6-7H2,1H3;2-4H2,1H3. The predicted molar refractivity (Wildman–Crippen MR) is 76.7 cm³/mol. The maximum absolute atomic E-state index is 13.6. The van der Waals surface area contributed by atoms with Gasteiger partial charge in [-0.25, -0.2) is 4.39 Å². The van der Waals surface area contributed by atoms with Gasteiger partial charge in [0.1, 0.15) is 5.82 Å². The van der Waals surface area contributed by atoms with E-state index in [1.807, 2.05) is 12.1 Å². The maximum Gasteiger partial charge on any atom is 0.148 e. The number of hydrogen-bond acceptors (Lipinski definition) is 3. The minimum absolute atomic E-state index is 0.126. The molecule has 1 aliphatic heterocycles. The van der Waals surface area contributed by atoms with Crippen molar-refractivity contribution in [2.75, 3.05) is 36.9 Å². The fourth-order valence-corrected chi connectivity index (χ4v) is 1.88. The van der Waals surface area contributed by atoms with Crippen molar-refractivity contribution in [3.8, 4) is 0 Å². The first-order chi connectivity index (χ1) is 8.72. The van der Waals surface area contributed by atoms with Crippen molar-refractivity contribution < 1.29 is 4.39 Å². The van der Waals surface area contributed by atoms with E-state index >= 15 is 0 Å². The molecule has 0 saturated carbocycles. The highest BCUT2D eigenvalue weighted by atomic mass is 19.1. The van der Waals surface area contributed by atoms with E-state index in [0.717, 1.165) is 37.4 Å². The summed E-state index contributed by atoms with van der Waals surface area (Å²) in [5.41, 5.74) is 6.59. The molecule has 0 spiro atoms. The molecule has 1 fully saturated rings. The first kappa shape index (κ1) is 14.8. The van der Waals surface area contributed by atoms with Gasteiger partial charge in [0.05, 0.1) is 5.69 Å². The van der Waals surface area contributed by atoms with Crippen molar-refractivity contribution in [2.45, 2.75) is 26.2 Å². The predicted octanol–water partition coefficient (Wildman–Crippen LogP) is 2.82. The Morgan fingerprint density at radius 2 is 1.94 bits per heavy atom. The third-order valence-corrected chi connectivity index (χ3v) is 2.97. The van der Waals surface area contributed by atoms with Crippen LogP contribution >= 0.6 is 0 Å². The monoisotopic (exact) mass is 253 g/mol. The SMILES string of the molecule is CCCN.CNc1ccc(N2CCCC2)c(F)c1. The molecule has 3 N–H and O–H groups in total. The van der Waals surface area contributed by atoms with Gasteiger partial charge < -0.3 is 16.0 Å². The number of anilines is 2. The molecule has 0 aromatic heterocycles. The Labute approximate surface area is 109 Å². The van der Waals surface area contributed by atoms with E-state index in [0.29, 0.717) is 0 Å². The summed E-state index contributed by atoms with van der Waals surface area (Å²) in [5, 5.41) is 2.93. The fraction of sp³-hybridized carbons (Fsp3) is 0.571. The summed E-state index contributed by atoms with van der Waals surface area (Å²) in [4.78, 5) is 2.11. The second-order valence-electron chi connectivity index (χ2n) is 4.40. The van der Waals surface area contributed by atoms with Gasteiger partial charge in [-0.15, -0.1) is 0 Å². The summed E-state index contributed by atoms with van der Waals surface area (Å²) >= 11 is 0. The van der Waals surface area contributed by atoms with E-state index in [9.17, 15) is 4.39 Å². The molecular formula is C14H24FN3. The van der Waals surface area contributed by atoms with Crippen molar-refractivity contribution in [2.24, 2.45) is 5.73 Å². The Hall–Kier alpha value is -1.29. The number of nitrogens with one attached hydrogen (secondary N) is 1. The van der Waals surface area contributed by atoms with Gasteiger partial charge in [0, 0.05) is 25.8 Å². The second kappa shape index (κ2) is 7.93. The molecule has 2 rings (SSSR count). The molecule has 102 valence electrons. The Morgan fingerprint density at radius 3 is 2.39 bits per heavy atom. The molecule has 3 nitrogen and oxygen atoms in total. The van der Waals surface area contributed by atoms with E-state index < -0.39 is 0 Å². The summed E-state index contributed by atoms with van der Waals surface area (Å²) in [6.45, 7) is 4.84. The lowest BCUT2D eigenvalue weighted by Gasteiger charge is -2.18. The molecule has 0 bridgehead atoms. The third-order valence-electron chi connectivity index (χ3n) is 2.97. The Bertz CT molecular complexity index is 347. The zero-order chi connectivity index (χ0) is 13.4. The molecule has 1 heterocycles. The molecule has 18 heavy (non-hydrogen) atoms. The van der Waals surface area contributed by atoms with Crippen LogP contribution in [0.2, 0.25) is 0 Å². The van der Waals surface area contributed by atoms with Gasteiger partial charge in [0.25, 0.3) is 0 Å². The van der Waals surface area contributed by atoms with Crippen LogP contribution in [0.15, 0.2) is 18.2 Å². The van der Waals surface area contributed by atoms with Crippen LogP contribution < -0.4 is 16.0 Å². The Balaban J connectivity index is 0.000000357. The highest BCUT2D eigenvalue weighted by Gasteiger charge is 2.15. The zero-order valence-corrected chi connectivity index (χ0v) is 11.4. The lowest BCUT2D eigenvalue weighted by Crippen LogP contribution is -2.18. The highest BCUT2D eigenvalue weighted by Crippen LogP contribution is 2.25. The van der Waals surface area contributed by atoms with Crippen LogP contribution in [0.1, 0.15) is 26.2 Å². The third kappa shape index (κ3) is 4.18. The van der Waals surface area contributed by atoms with Crippen LogP contribution in [0.4, 0.5) is 15.8 Å². The summed E-state index contributed by atoms with van der Waals surface area (Å²) in [5.74, 6) is -0.126. The summed E-state index contributed by atoms with van der Waals surface area (Å²) < 4.78 is 13.6. The first-order valence-corrected chi connectivity index (χ1v) is 6.65. The topological polar surface area (TPSA) is 41.3 Å². The average Bonchev–Trinajstić information content (AvgIpc) is 2.92. The van der Waals surface area contributed by atoms with Gasteiger partial charge in [-0.05, 0) is 44.0 Å². The highest BCUT2D eigenvalue weighted by molar-refractivity contribution is 5.56. The lowest BCUT2D eigenvalue weighted by atomic mass is 10.2. The Kier molecular flexibility index (Phi) is 6.50. The quantitative estimate of drug-likeness (QED) is 0.870. The normalized spacial score (nSPS) is 14.1. The largest absolute Gasteiger partial charge is 0.388 e. The molecule has 1 aromatic rings. The molecule has 1 saturated heterocycles. The molecule has 0 atom stereocenters. The van der Waals surface area contributed by atoms with Gasteiger partial charge >= 0.3 is 0 Å². The van der Waals surface area contributed by atoms with Crippen molar-refractivity contribution in [3.05, 3.63) is 24.0 Å². The van der Waals surface area contributed by atoms with Crippen LogP contribution in [-0.2, 0) is 0 Å². The van der Waals surface area contributed by atoms with E-state index in [4.69, 9.17) is 5.73 Å². The number of nitrogens with zero attached hydrogens (tertiary/aromatic N) is 1. The van der Waals surface area contributed by atoms with Gasteiger partial charge in [-0.3, -0.25) is 0 Å². The number of hydrogen-bond donors (Lipinski definition) is 2. The zero-order valence-electron chi connectivity index (χ0n) is 11.4. The fourth-order valence-electron chi connectivity index (χ4n) is 1.88. The summed E-state index contributed by atoms with van der Waals surface area (Å²) in [6.07, 6.45) is 3.44. The molecule has 1 aliphatic rings. The molecule has 0 unspecified atom stereocenters. The minimum atomic E-state index is -0.126. The van der Waals surface area contributed by atoms with E-state index in [1.54, 1.807) is 13.1 Å². The van der Waals surface area contributed by atoms with Crippen LogP contribution in [0.25, 0.3) is 0 Å². The first-order valence-electron chi connectivity index (χ1n) is 6.65. The molecule has 1 aromatic carbocycles. The van der Waals surface area contributed by atoms with E-state index in [1.165, 1.54) is 12.8 Å². The van der Waals surface area contributed by atoms with Crippen LogP contribution in [0.5, 0.6) is 0 Å². The van der Waals surface area contributed by atoms with E-state index in [-0.39, 0.29) is 5.82 Å². The smallest absolute Gasteiger partial charge is 0.148 e. The minimum Gasteiger partial charge on any atom is -0.388 e. The average molecular weight is 253 g/mol. The molecule has 0 amide bonds. The van der Waals surface area contributed by atoms with Crippen LogP contribution in [0.3, 0.4) is 0 Å². The number of benzene rings is 1. The molecule has 4 heteroatoms. The van der Waals surface area contributed by atoms with Crippen molar-refractivity contribution in [3.63, 3.8) is 0 Å². The lowest BCUT2D eigenvalue weighted by molar-refractivity contribution is 0.623. The number of rotatable bonds is 3. The van der Waals surface area contributed by atoms with E-state index in [2.05, 4.69) is 17.1 Å². The summed E-state index contributed by atoms with van der Waals surface area (Å²) in [7, 11) is 1.80. The van der Waals surface area contributed by atoms with Crippen molar-refractivity contribution in [1.29, 1.82) is 0 Å².